The van der Waals surface area contributed by atoms with E-state index in [0.717, 1.165) is 32.6 Å². The molecule has 1 amide bonds. The number of benzene rings is 2. The first-order valence-electron chi connectivity index (χ1n) is 9.79. The first-order chi connectivity index (χ1) is 16.7. The number of ether oxygens (including phenoxy) is 1. The SMILES string of the molecule is COC(=O)c1sc(-c2ccc(Cl)cc2)cc1NC(=O)c1cc2c(cc1Cl)Sc1nccn1S2(=O)=O. The molecule has 0 saturated heterocycles. The summed E-state index contributed by atoms with van der Waals surface area (Å²) in [6.45, 7) is 0. The van der Waals surface area contributed by atoms with Gasteiger partial charge in [-0.25, -0.2) is 22.2 Å². The van der Waals surface area contributed by atoms with Gasteiger partial charge in [0.2, 0.25) is 0 Å². The van der Waals surface area contributed by atoms with Crippen LogP contribution >= 0.6 is 46.3 Å². The van der Waals surface area contributed by atoms with Crippen LogP contribution in [-0.2, 0) is 14.8 Å². The number of hydrogen-bond acceptors (Lipinski definition) is 8. The van der Waals surface area contributed by atoms with Crippen molar-refractivity contribution in [1.29, 1.82) is 0 Å². The Balaban J connectivity index is 1.52. The molecule has 0 fully saturated rings. The number of aromatic nitrogens is 2. The summed E-state index contributed by atoms with van der Waals surface area (Å²) in [5.74, 6) is -1.31. The number of methoxy groups -OCH3 is 1. The molecule has 0 bridgehead atoms. The standard InChI is InChI=1S/C22H13Cl2N3O5S3/c1-32-21(29)19-15(10-16(33-19)11-2-4-12(23)5-3-11)26-20(28)13-8-18-17(9-14(13)24)34-22-25-6-7-27(22)35(18,30)31/h2-10H,1H3,(H,26,28). The molecule has 1 N–H and O–H groups in total. The molecular formula is C22H13Cl2N3O5S3. The molecule has 0 unspecified atom stereocenters. The molecule has 8 nitrogen and oxygen atoms in total. The summed E-state index contributed by atoms with van der Waals surface area (Å²) in [5, 5.41) is 3.56. The molecule has 13 heteroatoms. The minimum Gasteiger partial charge on any atom is -0.465 e. The van der Waals surface area contributed by atoms with Crippen LogP contribution in [0.1, 0.15) is 20.0 Å². The number of esters is 1. The second kappa shape index (κ2) is 8.99. The van der Waals surface area contributed by atoms with E-state index >= 15 is 0 Å². The second-order valence-electron chi connectivity index (χ2n) is 7.20. The van der Waals surface area contributed by atoms with Crippen LogP contribution in [0.5, 0.6) is 0 Å². The number of carbonyl (C=O) groups is 2. The minimum atomic E-state index is -3.95. The quantitative estimate of drug-likeness (QED) is 0.280. The van der Waals surface area contributed by atoms with Crippen molar-refractivity contribution in [2.75, 3.05) is 12.4 Å². The molecule has 2 aromatic carbocycles. The molecule has 178 valence electrons. The zero-order valence-electron chi connectivity index (χ0n) is 17.6. The number of fused-ring (bicyclic) bond motifs is 2. The number of rotatable bonds is 4. The van der Waals surface area contributed by atoms with Gasteiger partial charge in [-0.15, -0.1) is 11.3 Å². The van der Waals surface area contributed by atoms with E-state index in [0.29, 0.717) is 14.8 Å². The van der Waals surface area contributed by atoms with E-state index in [-0.39, 0.29) is 31.2 Å². The molecule has 35 heavy (non-hydrogen) atoms. The Morgan fingerprint density at radius 1 is 1.11 bits per heavy atom. The number of carbonyl (C=O) groups excluding carboxylic acids is 2. The number of thiophene rings is 1. The van der Waals surface area contributed by atoms with E-state index < -0.39 is 21.9 Å². The van der Waals surface area contributed by atoms with Gasteiger partial charge >= 0.3 is 5.97 Å². The fourth-order valence-corrected chi connectivity index (χ4v) is 7.78. The van der Waals surface area contributed by atoms with E-state index in [4.69, 9.17) is 27.9 Å². The summed E-state index contributed by atoms with van der Waals surface area (Å²) in [6.07, 6.45) is 2.71. The third kappa shape index (κ3) is 4.23. The molecule has 1 aliphatic rings. The normalized spacial score (nSPS) is 13.6. The van der Waals surface area contributed by atoms with Crippen LogP contribution in [0.2, 0.25) is 10.0 Å². The second-order valence-corrected chi connectivity index (χ2v) is 11.9. The van der Waals surface area contributed by atoms with Crippen LogP contribution in [0.25, 0.3) is 10.4 Å². The third-order valence-electron chi connectivity index (χ3n) is 5.07. The van der Waals surface area contributed by atoms with Crippen molar-refractivity contribution in [2.45, 2.75) is 14.9 Å². The zero-order chi connectivity index (χ0) is 24.9. The van der Waals surface area contributed by atoms with Crippen molar-refractivity contribution < 1.29 is 22.7 Å². The highest BCUT2D eigenvalue weighted by molar-refractivity contribution is 8.01. The highest BCUT2D eigenvalue weighted by atomic mass is 35.5. The van der Waals surface area contributed by atoms with Gasteiger partial charge in [0.1, 0.15) is 9.77 Å². The van der Waals surface area contributed by atoms with E-state index in [9.17, 15) is 18.0 Å². The Bertz CT molecular complexity index is 1610. The van der Waals surface area contributed by atoms with E-state index in [1.807, 2.05) is 0 Å². The number of nitrogens with one attached hydrogen (secondary N) is 1. The number of anilines is 1. The van der Waals surface area contributed by atoms with Gasteiger partial charge in [0.15, 0.2) is 5.16 Å². The van der Waals surface area contributed by atoms with Crippen LogP contribution in [0, 0.1) is 0 Å². The number of halogens is 2. The lowest BCUT2D eigenvalue weighted by molar-refractivity contribution is 0.0607. The summed E-state index contributed by atoms with van der Waals surface area (Å²) >= 11 is 14.6. The molecule has 0 radical (unpaired) electrons. The Hall–Kier alpha value is -2.83. The zero-order valence-corrected chi connectivity index (χ0v) is 21.6. The van der Waals surface area contributed by atoms with Gasteiger partial charge in [-0.1, -0.05) is 35.3 Å². The molecule has 0 atom stereocenters. The Kier molecular flexibility index (Phi) is 6.14. The number of amides is 1. The predicted molar refractivity (Wildman–Crippen MR) is 134 cm³/mol. The fourth-order valence-electron chi connectivity index (χ4n) is 3.40. The predicted octanol–water partition coefficient (Wildman–Crippen LogP) is 5.66. The maximum absolute atomic E-state index is 13.2. The van der Waals surface area contributed by atoms with Crippen LogP contribution in [-0.4, -0.2) is 36.4 Å². The third-order valence-corrected chi connectivity index (χ3v) is 9.79. The van der Waals surface area contributed by atoms with Crippen LogP contribution in [0.4, 0.5) is 5.69 Å². The summed E-state index contributed by atoms with van der Waals surface area (Å²) < 4.78 is 32.0. The Labute approximate surface area is 217 Å². The van der Waals surface area contributed by atoms with Crippen molar-refractivity contribution in [1.82, 2.24) is 8.96 Å². The van der Waals surface area contributed by atoms with E-state index in [2.05, 4.69) is 10.3 Å². The largest absolute Gasteiger partial charge is 0.465 e. The molecule has 0 aliphatic carbocycles. The monoisotopic (exact) mass is 565 g/mol. The van der Waals surface area contributed by atoms with Crippen molar-refractivity contribution in [3.63, 3.8) is 0 Å². The first kappa shape index (κ1) is 23.9. The van der Waals surface area contributed by atoms with Gasteiger partial charge < -0.3 is 10.1 Å². The van der Waals surface area contributed by atoms with Gasteiger partial charge in [0, 0.05) is 27.2 Å². The van der Waals surface area contributed by atoms with Crippen molar-refractivity contribution in [3.8, 4) is 10.4 Å². The summed E-state index contributed by atoms with van der Waals surface area (Å²) in [7, 11) is -2.71. The minimum absolute atomic E-state index is 0.0525. The Morgan fingerprint density at radius 2 is 1.86 bits per heavy atom. The molecule has 1 aliphatic heterocycles. The molecule has 0 spiro atoms. The van der Waals surface area contributed by atoms with Crippen LogP contribution in [0.15, 0.2) is 69.8 Å². The molecule has 5 rings (SSSR count). The van der Waals surface area contributed by atoms with E-state index in [1.54, 1.807) is 30.3 Å². The molecule has 0 saturated carbocycles. The van der Waals surface area contributed by atoms with Gasteiger partial charge in [-0.05, 0) is 47.7 Å². The lowest BCUT2D eigenvalue weighted by atomic mass is 10.1. The first-order valence-corrected chi connectivity index (χ1v) is 13.6. The smallest absolute Gasteiger partial charge is 0.350 e. The van der Waals surface area contributed by atoms with Gasteiger partial charge in [0.05, 0.1) is 23.4 Å². The van der Waals surface area contributed by atoms with Gasteiger partial charge in [-0.2, -0.15) is 0 Å². The van der Waals surface area contributed by atoms with E-state index in [1.165, 1.54) is 31.6 Å². The maximum Gasteiger partial charge on any atom is 0.350 e. The van der Waals surface area contributed by atoms with Gasteiger partial charge in [-0.3, -0.25) is 4.79 Å². The average Bonchev–Trinajstić information content (AvgIpc) is 3.46. The fraction of sp³-hybridized carbons (Fsp3) is 0.0455. The molecule has 4 aromatic rings. The van der Waals surface area contributed by atoms with Crippen molar-refractivity contribution in [3.05, 3.63) is 75.3 Å². The highest BCUT2D eigenvalue weighted by Crippen LogP contribution is 2.42. The van der Waals surface area contributed by atoms with Crippen molar-refractivity contribution in [2.24, 2.45) is 0 Å². The molecule has 2 aromatic heterocycles. The van der Waals surface area contributed by atoms with Crippen LogP contribution in [0.3, 0.4) is 0 Å². The van der Waals surface area contributed by atoms with Crippen LogP contribution < -0.4 is 5.32 Å². The summed E-state index contributed by atoms with van der Waals surface area (Å²) in [4.78, 5) is 30.8. The number of nitrogens with zero attached hydrogens (tertiary/aromatic N) is 2. The summed E-state index contributed by atoms with van der Waals surface area (Å²) in [6, 6.07) is 11.3. The maximum atomic E-state index is 13.2. The highest BCUT2D eigenvalue weighted by Gasteiger charge is 2.32. The van der Waals surface area contributed by atoms with Gasteiger partial charge in [0.25, 0.3) is 15.9 Å². The molecule has 3 heterocycles. The topological polar surface area (TPSA) is 107 Å². The lowest BCUT2D eigenvalue weighted by Crippen LogP contribution is -2.20. The number of imidazole rings is 1. The average molecular weight is 566 g/mol. The lowest BCUT2D eigenvalue weighted by Gasteiger charge is -2.19. The number of hydrogen-bond donors (Lipinski definition) is 1. The Morgan fingerprint density at radius 3 is 2.57 bits per heavy atom. The van der Waals surface area contributed by atoms with Crippen molar-refractivity contribution >= 4 is 73.9 Å². The summed E-state index contributed by atoms with van der Waals surface area (Å²) in [5.41, 5.74) is 0.934. The molecular weight excluding hydrogens is 553 g/mol.